The number of aliphatic carboxylic acids is 1. The van der Waals surface area contributed by atoms with E-state index < -0.39 is 12.1 Å². The Labute approximate surface area is 135 Å². The normalized spacial score (nSPS) is 12.1. The fourth-order valence-electron chi connectivity index (χ4n) is 2.46. The molecule has 0 rings (SSSR count). The van der Waals surface area contributed by atoms with Gasteiger partial charge in [-0.05, 0) is 12.8 Å². The van der Waals surface area contributed by atoms with Gasteiger partial charge in [-0.2, -0.15) is 0 Å². The van der Waals surface area contributed by atoms with Crippen LogP contribution in [0.5, 0.6) is 0 Å². The van der Waals surface area contributed by atoms with E-state index in [1.165, 1.54) is 51.4 Å². The lowest BCUT2D eigenvalue weighted by Crippen LogP contribution is -2.26. The van der Waals surface area contributed by atoms with Gasteiger partial charge in [0.2, 0.25) is 0 Å². The monoisotopic (exact) mass is 314 g/mol. The first-order valence-corrected chi connectivity index (χ1v) is 9.04. The zero-order valence-corrected chi connectivity index (χ0v) is 14.4. The van der Waals surface area contributed by atoms with E-state index in [-0.39, 0.29) is 5.97 Å². The molecule has 0 amide bonds. The molecule has 0 aliphatic heterocycles. The molecule has 0 radical (unpaired) electrons. The third-order valence-electron chi connectivity index (χ3n) is 3.90. The van der Waals surface area contributed by atoms with Crippen molar-refractivity contribution in [2.24, 2.45) is 0 Å². The second kappa shape index (κ2) is 14.9. The van der Waals surface area contributed by atoms with Crippen LogP contribution in [0.2, 0.25) is 0 Å². The SMILES string of the molecule is CCCCCCCCCCCCCC(=O)OC(CC)C(=O)O. The standard InChI is InChI=1S/C18H34O4/c1-3-5-6-7-8-9-10-11-12-13-14-15-17(19)22-16(4-2)18(20)21/h16H,3-15H2,1-2H3,(H,20,21). The van der Waals surface area contributed by atoms with Gasteiger partial charge < -0.3 is 9.84 Å². The van der Waals surface area contributed by atoms with Crippen molar-refractivity contribution in [2.45, 2.75) is 103 Å². The molecule has 1 unspecified atom stereocenters. The van der Waals surface area contributed by atoms with Crippen LogP contribution >= 0.6 is 0 Å². The van der Waals surface area contributed by atoms with Crippen molar-refractivity contribution in [3.8, 4) is 0 Å². The largest absolute Gasteiger partial charge is 0.479 e. The Kier molecular flexibility index (Phi) is 14.1. The van der Waals surface area contributed by atoms with E-state index >= 15 is 0 Å². The number of ether oxygens (including phenoxy) is 1. The number of hydrogen-bond donors (Lipinski definition) is 1. The molecule has 0 spiro atoms. The summed E-state index contributed by atoms with van der Waals surface area (Å²) in [4.78, 5) is 22.2. The van der Waals surface area contributed by atoms with E-state index in [1.54, 1.807) is 6.92 Å². The summed E-state index contributed by atoms with van der Waals surface area (Å²) in [5.74, 6) is -1.44. The van der Waals surface area contributed by atoms with Crippen molar-refractivity contribution in [1.29, 1.82) is 0 Å². The van der Waals surface area contributed by atoms with Gasteiger partial charge in [0, 0.05) is 6.42 Å². The molecule has 22 heavy (non-hydrogen) atoms. The fourth-order valence-corrected chi connectivity index (χ4v) is 2.46. The van der Waals surface area contributed by atoms with E-state index in [4.69, 9.17) is 9.84 Å². The first-order chi connectivity index (χ1) is 10.6. The summed E-state index contributed by atoms with van der Waals surface area (Å²) in [6.45, 7) is 3.94. The highest BCUT2D eigenvalue weighted by molar-refractivity contribution is 5.77. The van der Waals surface area contributed by atoms with Gasteiger partial charge in [0.15, 0.2) is 6.10 Å². The molecule has 0 aromatic carbocycles. The molecule has 0 saturated carbocycles. The van der Waals surface area contributed by atoms with Crippen molar-refractivity contribution in [2.75, 3.05) is 0 Å². The number of carboxylic acids is 1. The van der Waals surface area contributed by atoms with Gasteiger partial charge in [-0.1, -0.05) is 78.1 Å². The third-order valence-corrected chi connectivity index (χ3v) is 3.90. The Hall–Kier alpha value is -1.06. The summed E-state index contributed by atoms with van der Waals surface area (Å²) in [5, 5.41) is 8.81. The lowest BCUT2D eigenvalue weighted by molar-refractivity contribution is -0.164. The maximum absolute atomic E-state index is 11.5. The van der Waals surface area contributed by atoms with Crippen LogP contribution in [-0.4, -0.2) is 23.1 Å². The lowest BCUT2D eigenvalue weighted by atomic mass is 10.1. The van der Waals surface area contributed by atoms with Gasteiger partial charge in [-0.15, -0.1) is 0 Å². The van der Waals surface area contributed by atoms with Gasteiger partial charge in [-0.25, -0.2) is 4.79 Å². The van der Waals surface area contributed by atoms with Crippen molar-refractivity contribution in [3.63, 3.8) is 0 Å². The molecule has 0 aliphatic carbocycles. The summed E-state index contributed by atoms with van der Waals surface area (Å²) in [7, 11) is 0. The van der Waals surface area contributed by atoms with Gasteiger partial charge in [0.1, 0.15) is 0 Å². The smallest absolute Gasteiger partial charge is 0.345 e. The predicted octanol–water partition coefficient (Wildman–Crippen LogP) is 5.09. The van der Waals surface area contributed by atoms with Crippen LogP contribution in [0.1, 0.15) is 97.3 Å². The Morgan fingerprint density at radius 1 is 0.818 bits per heavy atom. The van der Waals surface area contributed by atoms with E-state index in [0.29, 0.717) is 12.8 Å². The highest BCUT2D eigenvalue weighted by Crippen LogP contribution is 2.12. The molecule has 0 aliphatic rings. The van der Waals surface area contributed by atoms with E-state index in [0.717, 1.165) is 19.3 Å². The minimum Gasteiger partial charge on any atom is -0.479 e. The second-order valence-corrected chi connectivity index (χ2v) is 6.01. The van der Waals surface area contributed by atoms with Crippen LogP contribution in [0.4, 0.5) is 0 Å². The molecule has 1 atom stereocenters. The van der Waals surface area contributed by atoms with E-state index in [9.17, 15) is 9.59 Å². The molecular formula is C18H34O4. The third kappa shape index (κ3) is 12.7. The summed E-state index contributed by atoms with van der Waals surface area (Å²) < 4.78 is 4.91. The van der Waals surface area contributed by atoms with Crippen LogP contribution in [0.3, 0.4) is 0 Å². The molecule has 4 heteroatoms. The Bertz CT molecular complexity index is 289. The molecule has 0 aromatic heterocycles. The average molecular weight is 314 g/mol. The number of esters is 1. The number of hydrogen-bond acceptors (Lipinski definition) is 3. The van der Waals surface area contributed by atoms with Crippen LogP contribution < -0.4 is 0 Å². The molecule has 0 fully saturated rings. The summed E-state index contributed by atoms with van der Waals surface area (Å²) in [5.41, 5.74) is 0. The van der Waals surface area contributed by atoms with Gasteiger partial charge >= 0.3 is 11.9 Å². The molecule has 0 aromatic rings. The van der Waals surface area contributed by atoms with Crippen LogP contribution in [-0.2, 0) is 14.3 Å². The van der Waals surface area contributed by atoms with E-state index in [1.807, 2.05) is 0 Å². The quantitative estimate of drug-likeness (QED) is 0.337. The first-order valence-electron chi connectivity index (χ1n) is 9.04. The van der Waals surface area contributed by atoms with Crippen LogP contribution in [0.25, 0.3) is 0 Å². The number of carbonyl (C=O) groups excluding carboxylic acids is 1. The Balaban J connectivity index is 3.35. The maximum atomic E-state index is 11.5. The van der Waals surface area contributed by atoms with Crippen LogP contribution in [0, 0.1) is 0 Å². The number of carbonyl (C=O) groups is 2. The average Bonchev–Trinajstić information content (AvgIpc) is 2.50. The summed E-state index contributed by atoms with van der Waals surface area (Å²) >= 11 is 0. The van der Waals surface area contributed by atoms with Gasteiger partial charge in [-0.3, -0.25) is 4.79 Å². The minimum atomic E-state index is -1.06. The highest BCUT2D eigenvalue weighted by atomic mass is 16.6. The summed E-state index contributed by atoms with van der Waals surface area (Å²) in [6, 6.07) is 0. The fraction of sp³-hybridized carbons (Fsp3) is 0.889. The van der Waals surface area contributed by atoms with Gasteiger partial charge in [0.05, 0.1) is 0 Å². The molecule has 0 bridgehead atoms. The van der Waals surface area contributed by atoms with Crippen molar-refractivity contribution in [3.05, 3.63) is 0 Å². The molecule has 0 saturated heterocycles. The zero-order valence-electron chi connectivity index (χ0n) is 14.4. The molecule has 0 heterocycles. The van der Waals surface area contributed by atoms with Crippen molar-refractivity contribution in [1.82, 2.24) is 0 Å². The minimum absolute atomic E-state index is 0.319. The molecular weight excluding hydrogens is 280 g/mol. The van der Waals surface area contributed by atoms with Crippen LogP contribution in [0.15, 0.2) is 0 Å². The zero-order chi connectivity index (χ0) is 16.6. The number of rotatable bonds is 15. The highest BCUT2D eigenvalue weighted by Gasteiger charge is 2.19. The van der Waals surface area contributed by atoms with Crippen molar-refractivity contribution >= 4 is 11.9 Å². The molecule has 4 nitrogen and oxygen atoms in total. The predicted molar refractivity (Wildman–Crippen MR) is 88.9 cm³/mol. The summed E-state index contributed by atoms with van der Waals surface area (Å²) in [6.07, 6.45) is 13.2. The Morgan fingerprint density at radius 2 is 1.27 bits per heavy atom. The second-order valence-electron chi connectivity index (χ2n) is 6.01. The topological polar surface area (TPSA) is 63.6 Å². The number of unbranched alkanes of at least 4 members (excludes halogenated alkanes) is 10. The molecule has 130 valence electrons. The van der Waals surface area contributed by atoms with Gasteiger partial charge in [0.25, 0.3) is 0 Å². The lowest BCUT2D eigenvalue weighted by Gasteiger charge is -2.11. The molecule has 1 N–H and O–H groups in total. The maximum Gasteiger partial charge on any atom is 0.345 e. The first kappa shape index (κ1) is 20.9. The van der Waals surface area contributed by atoms with Crippen molar-refractivity contribution < 1.29 is 19.4 Å². The Morgan fingerprint density at radius 3 is 1.68 bits per heavy atom. The number of carboxylic acid groups (broad SMARTS) is 1. The van der Waals surface area contributed by atoms with E-state index in [2.05, 4.69) is 6.92 Å².